The first kappa shape index (κ1) is 4.23. The fraction of sp³-hybridized carbons (Fsp3) is 0. The van der Waals surface area contributed by atoms with Gasteiger partial charge >= 0.3 is 0 Å². The smallest absolute Gasteiger partial charge is 0.212 e. The van der Waals surface area contributed by atoms with Gasteiger partial charge in [0.25, 0.3) is 0 Å². The maximum Gasteiger partial charge on any atom is 0.212 e. The number of guanidine groups is 1. The number of rotatable bonds is 0. The summed E-state index contributed by atoms with van der Waals surface area (Å²) in [7, 11) is 0. The summed E-state index contributed by atoms with van der Waals surface area (Å²) in [6, 6.07) is 0. The number of nitrogens with one attached hydrogen (secondary N) is 2. The zero-order valence-corrected chi connectivity index (χ0v) is 2.49. The summed E-state index contributed by atoms with van der Waals surface area (Å²) in [5.74, 6) is -0.551. The Labute approximate surface area is 29.1 Å². The molecule has 0 saturated carbocycles. The average Bonchev–Trinajstić information content (AvgIpc) is 1.38. The molecule has 0 aromatic carbocycles. The second-order valence-corrected chi connectivity index (χ2v) is 0.516. The summed E-state index contributed by atoms with van der Waals surface area (Å²) >= 11 is 0. The summed E-state index contributed by atoms with van der Waals surface area (Å²) in [5, 5.41) is 15.1. The van der Waals surface area contributed by atoms with Crippen molar-refractivity contribution in [3.63, 3.8) is 0 Å². The van der Waals surface area contributed by atoms with Gasteiger partial charge in [-0.2, -0.15) is 0 Å². The first-order valence-corrected chi connectivity index (χ1v) is 0.993. The number of hydrogen-bond donors (Lipinski definition) is 3. The van der Waals surface area contributed by atoms with Crippen molar-refractivity contribution >= 4 is 5.96 Å². The van der Waals surface area contributed by atoms with Gasteiger partial charge in [-0.25, -0.2) is 5.48 Å². The largest absolute Gasteiger partial charge is 0.368 e. The topological polar surface area (TPSA) is 81.8 Å². The van der Waals surface area contributed by atoms with Crippen LogP contribution < -0.4 is 11.2 Å². The van der Waals surface area contributed by atoms with Gasteiger partial charge in [-0.1, -0.05) is 5.21 Å². The van der Waals surface area contributed by atoms with Crippen molar-refractivity contribution < 1.29 is 5.21 Å². The van der Waals surface area contributed by atoms with Crippen LogP contribution in [0.3, 0.4) is 0 Å². The second kappa shape index (κ2) is 1.54. The molecule has 0 bridgehead atoms. The molecule has 0 aromatic heterocycles. The summed E-state index contributed by atoms with van der Waals surface area (Å²) in [6.07, 6.45) is 0. The van der Waals surface area contributed by atoms with E-state index in [0.717, 1.165) is 5.48 Å². The van der Waals surface area contributed by atoms with Crippen LogP contribution >= 0.6 is 0 Å². The molecule has 0 spiro atoms. The van der Waals surface area contributed by atoms with Gasteiger partial charge in [-0.15, -0.1) is 0 Å². The molecule has 0 fully saturated rings. The lowest BCUT2D eigenvalue weighted by molar-refractivity contribution is 0.131. The third kappa shape index (κ3) is 3.23. The minimum absolute atomic E-state index is 0.551. The Kier molecular flexibility index (Phi) is 1.30. The standard InChI is InChI=1S/CH4N3O/c2-1(3)4-5/h(H4,2,3,4). The van der Waals surface area contributed by atoms with Gasteiger partial charge in [-0.3, -0.25) is 5.41 Å². The van der Waals surface area contributed by atoms with Crippen LogP contribution in [-0.2, 0) is 5.21 Å². The molecule has 4 heteroatoms. The van der Waals surface area contributed by atoms with E-state index in [4.69, 9.17) is 10.6 Å². The van der Waals surface area contributed by atoms with E-state index >= 15 is 0 Å². The highest BCUT2D eigenvalue weighted by atomic mass is 16.5. The molecule has 4 nitrogen and oxygen atoms in total. The third-order valence-corrected chi connectivity index (χ3v) is 0.110. The molecular weight excluding hydrogens is 70.0 g/mol. The molecular formula is CH4N3O. The zero-order valence-electron chi connectivity index (χ0n) is 2.49. The Bertz CT molecular complexity index is 42.2. The van der Waals surface area contributed by atoms with Gasteiger partial charge in [0.1, 0.15) is 0 Å². The number of nitrogens with two attached hydrogens (primary N) is 1. The molecule has 29 valence electrons. The second-order valence-electron chi connectivity index (χ2n) is 0.516. The van der Waals surface area contributed by atoms with Crippen LogP contribution in [0.5, 0.6) is 0 Å². The molecule has 0 heterocycles. The average molecular weight is 74.1 g/mol. The Morgan fingerprint density at radius 2 is 2.20 bits per heavy atom. The van der Waals surface area contributed by atoms with E-state index in [-0.39, 0.29) is 0 Å². The van der Waals surface area contributed by atoms with Crippen molar-refractivity contribution in [1.82, 2.24) is 5.48 Å². The third-order valence-electron chi connectivity index (χ3n) is 0.110. The molecule has 1 radical (unpaired) electrons. The van der Waals surface area contributed by atoms with Crippen molar-refractivity contribution in [3.8, 4) is 0 Å². The molecule has 0 aliphatic carbocycles. The lowest BCUT2D eigenvalue weighted by atomic mass is 11.1. The van der Waals surface area contributed by atoms with Gasteiger partial charge in [0.15, 0.2) is 0 Å². The fourth-order valence-corrected chi connectivity index (χ4v) is 0. The lowest BCUT2D eigenvalue weighted by Crippen LogP contribution is -2.25. The van der Waals surface area contributed by atoms with E-state index in [0.29, 0.717) is 0 Å². The van der Waals surface area contributed by atoms with Crippen molar-refractivity contribution in [2.75, 3.05) is 0 Å². The van der Waals surface area contributed by atoms with E-state index in [1.165, 1.54) is 0 Å². The van der Waals surface area contributed by atoms with Crippen LogP contribution in [0.15, 0.2) is 0 Å². The maximum absolute atomic E-state index is 9.03. The van der Waals surface area contributed by atoms with Gasteiger partial charge in [0.2, 0.25) is 5.96 Å². The Morgan fingerprint density at radius 1 is 2.00 bits per heavy atom. The fourth-order valence-electron chi connectivity index (χ4n) is 0. The van der Waals surface area contributed by atoms with E-state index in [1.807, 2.05) is 0 Å². The molecule has 4 N–H and O–H groups in total. The quantitative estimate of drug-likeness (QED) is 0.192. The summed E-state index contributed by atoms with van der Waals surface area (Å²) in [6.45, 7) is 0. The lowest BCUT2D eigenvalue weighted by Gasteiger charge is -1.80. The molecule has 5 heavy (non-hydrogen) atoms. The summed E-state index contributed by atoms with van der Waals surface area (Å²) in [5.41, 5.74) is 5.59. The van der Waals surface area contributed by atoms with Crippen molar-refractivity contribution in [2.45, 2.75) is 0 Å². The maximum atomic E-state index is 9.03. The number of hydrogen-bond acceptors (Lipinski definition) is 1. The zero-order chi connectivity index (χ0) is 4.28. The van der Waals surface area contributed by atoms with Gasteiger partial charge < -0.3 is 5.73 Å². The Morgan fingerprint density at radius 3 is 2.20 bits per heavy atom. The van der Waals surface area contributed by atoms with Crippen molar-refractivity contribution in [2.24, 2.45) is 5.73 Å². The van der Waals surface area contributed by atoms with Crippen LogP contribution in [0, 0.1) is 5.41 Å². The summed E-state index contributed by atoms with van der Waals surface area (Å²) < 4.78 is 0. The van der Waals surface area contributed by atoms with Crippen molar-refractivity contribution in [1.29, 1.82) is 5.41 Å². The molecule has 0 aliphatic rings. The van der Waals surface area contributed by atoms with E-state index < -0.39 is 5.96 Å². The molecule has 0 aromatic rings. The SMILES string of the molecule is N=C(N)N[O]. The van der Waals surface area contributed by atoms with Crippen molar-refractivity contribution in [3.05, 3.63) is 0 Å². The van der Waals surface area contributed by atoms with Crippen LogP contribution in [0.25, 0.3) is 0 Å². The summed E-state index contributed by atoms with van der Waals surface area (Å²) in [4.78, 5) is 0. The predicted octanol–water partition coefficient (Wildman–Crippen LogP) is -1.19. The molecule has 0 aliphatic heterocycles. The van der Waals surface area contributed by atoms with Crippen LogP contribution in [0.2, 0.25) is 0 Å². The Hall–Kier alpha value is -0.770. The van der Waals surface area contributed by atoms with E-state index in [1.54, 1.807) is 0 Å². The molecule has 0 amide bonds. The highest BCUT2D eigenvalue weighted by molar-refractivity contribution is 5.72. The molecule has 0 unspecified atom stereocenters. The Balaban J connectivity index is 2.85. The first-order chi connectivity index (χ1) is 2.27. The minimum atomic E-state index is -0.551. The van der Waals surface area contributed by atoms with Gasteiger partial charge in [0.05, 0.1) is 0 Å². The van der Waals surface area contributed by atoms with E-state index in [9.17, 15) is 0 Å². The van der Waals surface area contributed by atoms with Crippen LogP contribution in [0.4, 0.5) is 0 Å². The van der Waals surface area contributed by atoms with Crippen LogP contribution in [0.1, 0.15) is 0 Å². The molecule has 0 saturated heterocycles. The predicted molar refractivity (Wildman–Crippen MR) is 15.7 cm³/mol. The highest BCUT2D eigenvalue weighted by Crippen LogP contribution is 1.31. The number of hydroxylamine groups is 1. The monoisotopic (exact) mass is 74.0 g/mol. The molecule has 0 rings (SSSR count). The van der Waals surface area contributed by atoms with Gasteiger partial charge in [0, 0.05) is 0 Å². The van der Waals surface area contributed by atoms with E-state index in [2.05, 4.69) is 5.73 Å². The normalized spacial score (nSPS) is 6.60. The molecule has 0 atom stereocenters. The first-order valence-electron chi connectivity index (χ1n) is 0.993. The van der Waals surface area contributed by atoms with Gasteiger partial charge in [-0.05, 0) is 0 Å². The van der Waals surface area contributed by atoms with Crippen LogP contribution in [-0.4, -0.2) is 5.96 Å². The minimum Gasteiger partial charge on any atom is -0.368 e. The highest BCUT2D eigenvalue weighted by Gasteiger charge is 1.70.